The van der Waals surface area contributed by atoms with Crippen LogP contribution in [0, 0.1) is 47.7 Å². The van der Waals surface area contributed by atoms with Crippen molar-refractivity contribution in [2.45, 2.75) is 39.2 Å². The molecule has 3 aliphatic carbocycles. The molecule has 31 heavy (non-hydrogen) atoms. The number of fused-ring (bicyclic) bond motifs is 2. The first-order valence-corrected chi connectivity index (χ1v) is 10.7. The Hall–Kier alpha value is -3.20. The smallest absolute Gasteiger partial charge is 0.251 e. The number of nitrogens with one attached hydrogen (secondary N) is 2. The summed E-state index contributed by atoms with van der Waals surface area (Å²) >= 11 is 0. The minimum absolute atomic E-state index is 0.0412. The number of anilines is 1. The van der Waals surface area contributed by atoms with Crippen LogP contribution in [0.4, 0.5) is 10.1 Å². The van der Waals surface area contributed by atoms with E-state index in [0.29, 0.717) is 28.7 Å². The summed E-state index contributed by atoms with van der Waals surface area (Å²) in [7, 11) is 0. The van der Waals surface area contributed by atoms with E-state index in [0.717, 1.165) is 24.8 Å². The number of carbonyl (C=O) groups excluding carboxylic acids is 2. The predicted octanol–water partition coefficient (Wildman–Crippen LogP) is 4.43. The second-order valence-corrected chi connectivity index (χ2v) is 8.90. The summed E-state index contributed by atoms with van der Waals surface area (Å²) in [5.41, 5.74) is 2.49. The second kappa shape index (κ2) is 8.50. The Morgan fingerprint density at radius 3 is 2.45 bits per heavy atom. The van der Waals surface area contributed by atoms with Gasteiger partial charge in [0.25, 0.3) is 5.91 Å². The highest BCUT2D eigenvalue weighted by Gasteiger charge is 2.49. The van der Waals surface area contributed by atoms with Crippen LogP contribution in [-0.4, -0.2) is 17.9 Å². The summed E-state index contributed by atoms with van der Waals surface area (Å²) in [5, 5.41) is 15.1. The number of amides is 2. The Morgan fingerprint density at radius 1 is 1.10 bits per heavy atom. The van der Waals surface area contributed by atoms with Gasteiger partial charge < -0.3 is 10.6 Å². The molecule has 0 spiro atoms. The second-order valence-electron chi connectivity index (χ2n) is 8.90. The lowest BCUT2D eigenvalue weighted by Gasteiger charge is -2.53. The fraction of sp³-hybridized carbons (Fsp3) is 0.400. The number of nitrogens with zero attached hydrogens (tertiary/aromatic N) is 1. The van der Waals surface area contributed by atoms with Crippen LogP contribution in [-0.2, 0) is 4.79 Å². The predicted molar refractivity (Wildman–Crippen MR) is 116 cm³/mol. The number of hydrogen-bond donors (Lipinski definition) is 2. The van der Waals surface area contributed by atoms with Crippen molar-refractivity contribution in [1.82, 2.24) is 5.32 Å². The average molecular weight is 420 g/mol. The maximum Gasteiger partial charge on any atom is 0.251 e. The molecule has 2 aromatic carbocycles. The number of hydrogen-bond acceptors (Lipinski definition) is 3. The zero-order chi connectivity index (χ0) is 22.1. The molecule has 0 heterocycles. The fourth-order valence-corrected chi connectivity index (χ4v) is 5.02. The van der Waals surface area contributed by atoms with Gasteiger partial charge in [-0.05, 0) is 92.0 Å². The van der Waals surface area contributed by atoms with E-state index in [4.69, 9.17) is 5.26 Å². The van der Waals surface area contributed by atoms with E-state index in [2.05, 4.69) is 16.7 Å². The Balaban J connectivity index is 1.40. The van der Waals surface area contributed by atoms with E-state index in [-0.39, 0.29) is 35.5 Å². The van der Waals surface area contributed by atoms with Gasteiger partial charge in [0, 0.05) is 23.2 Å². The van der Waals surface area contributed by atoms with E-state index in [1.807, 2.05) is 13.8 Å². The molecule has 2 bridgehead atoms. The molecule has 2 N–H and O–H groups in total. The fourth-order valence-electron chi connectivity index (χ4n) is 5.02. The number of nitriles is 1. The van der Waals surface area contributed by atoms with Gasteiger partial charge >= 0.3 is 0 Å². The summed E-state index contributed by atoms with van der Waals surface area (Å²) < 4.78 is 13.1. The Bertz CT molecular complexity index is 1040. The minimum Gasteiger partial charge on any atom is -0.349 e. The van der Waals surface area contributed by atoms with Gasteiger partial charge in [-0.3, -0.25) is 9.59 Å². The standard InChI is InChI=1S/C25H26FN3O2/c1-14-9-16(3-4-17(14)13-27)25(31)29-23-12-22(18-10-19(23)11-18)15(2)24(30)28-21-7-5-20(26)6-8-21/h3-9,15,18-19,22-23H,10-12H2,1-2H3,(H,28,30)(H,29,31)/t15-,18?,19?,22?,23-/m0/s1. The van der Waals surface area contributed by atoms with Gasteiger partial charge in [-0.1, -0.05) is 6.92 Å². The van der Waals surface area contributed by atoms with Crippen molar-refractivity contribution >= 4 is 17.5 Å². The molecule has 3 fully saturated rings. The van der Waals surface area contributed by atoms with Crippen molar-refractivity contribution in [2.24, 2.45) is 23.7 Å². The summed E-state index contributed by atoms with van der Waals surface area (Å²) in [6.45, 7) is 3.76. The van der Waals surface area contributed by atoms with Crippen LogP contribution in [0.25, 0.3) is 0 Å². The average Bonchev–Trinajstić information content (AvgIpc) is 2.73. The van der Waals surface area contributed by atoms with Crippen molar-refractivity contribution < 1.29 is 14.0 Å². The molecule has 3 atom stereocenters. The highest BCUT2D eigenvalue weighted by Crippen LogP contribution is 2.51. The van der Waals surface area contributed by atoms with Crippen LogP contribution in [0.1, 0.15) is 47.7 Å². The zero-order valence-corrected chi connectivity index (χ0v) is 17.7. The van der Waals surface area contributed by atoms with E-state index in [1.54, 1.807) is 30.3 Å². The monoisotopic (exact) mass is 419 g/mol. The molecule has 6 heteroatoms. The molecule has 0 aromatic heterocycles. The van der Waals surface area contributed by atoms with Gasteiger partial charge in [0.15, 0.2) is 0 Å². The Labute approximate surface area is 181 Å². The van der Waals surface area contributed by atoms with Crippen LogP contribution in [0.2, 0.25) is 0 Å². The molecule has 160 valence electrons. The highest BCUT2D eigenvalue weighted by atomic mass is 19.1. The van der Waals surface area contributed by atoms with Crippen molar-refractivity contribution in [1.29, 1.82) is 5.26 Å². The third kappa shape index (κ3) is 4.32. The normalized spacial score (nSPS) is 25.0. The van der Waals surface area contributed by atoms with Gasteiger partial charge in [-0.15, -0.1) is 0 Å². The van der Waals surface area contributed by atoms with Crippen molar-refractivity contribution in [3.8, 4) is 6.07 Å². The van der Waals surface area contributed by atoms with Crippen LogP contribution in [0.3, 0.4) is 0 Å². The first kappa shape index (κ1) is 21.0. The lowest BCUT2D eigenvalue weighted by Crippen LogP contribution is -2.55. The van der Waals surface area contributed by atoms with E-state index < -0.39 is 0 Å². The van der Waals surface area contributed by atoms with Crippen LogP contribution >= 0.6 is 0 Å². The number of benzene rings is 2. The molecule has 5 nitrogen and oxygen atoms in total. The molecule has 3 saturated carbocycles. The van der Waals surface area contributed by atoms with Crippen LogP contribution in [0.15, 0.2) is 42.5 Å². The molecule has 0 saturated heterocycles. The zero-order valence-electron chi connectivity index (χ0n) is 17.7. The Morgan fingerprint density at radius 2 is 1.81 bits per heavy atom. The maximum atomic E-state index is 13.1. The third-order valence-corrected chi connectivity index (χ3v) is 7.00. The third-order valence-electron chi connectivity index (χ3n) is 7.00. The van der Waals surface area contributed by atoms with Crippen LogP contribution < -0.4 is 10.6 Å². The molecular formula is C25H26FN3O2. The van der Waals surface area contributed by atoms with Gasteiger partial charge in [0.1, 0.15) is 5.82 Å². The molecule has 3 aliphatic rings. The van der Waals surface area contributed by atoms with Gasteiger partial charge in [-0.25, -0.2) is 4.39 Å². The van der Waals surface area contributed by atoms with E-state index >= 15 is 0 Å². The Kier molecular flexibility index (Phi) is 5.77. The number of rotatable bonds is 5. The topological polar surface area (TPSA) is 82.0 Å². The molecule has 5 rings (SSSR count). The van der Waals surface area contributed by atoms with Gasteiger partial charge in [0.05, 0.1) is 11.6 Å². The number of aryl methyl sites for hydroxylation is 1. The first-order chi connectivity index (χ1) is 14.9. The summed E-state index contributed by atoms with van der Waals surface area (Å²) in [4.78, 5) is 25.6. The molecule has 1 unspecified atom stereocenters. The molecule has 0 aliphatic heterocycles. The van der Waals surface area contributed by atoms with Crippen molar-refractivity contribution in [2.75, 3.05) is 5.32 Å². The summed E-state index contributed by atoms with van der Waals surface area (Å²) in [6, 6.07) is 13.0. The molecule has 2 amide bonds. The largest absolute Gasteiger partial charge is 0.349 e. The van der Waals surface area contributed by atoms with Gasteiger partial charge in [0.2, 0.25) is 5.91 Å². The molecule has 0 radical (unpaired) electrons. The van der Waals surface area contributed by atoms with Gasteiger partial charge in [-0.2, -0.15) is 5.26 Å². The minimum atomic E-state index is -0.338. The highest BCUT2D eigenvalue weighted by molar-refractivity contribution is 5.95. The number of carbonyl (C=O) groups is 2. The summed E-state index contributed by atoms with van der Waals surface area (Å²) in [6.07, 6.45) is 2.82. The SMILES string of the molecule is Cc1cc(C(=O)N[C@H]2CC([C@H](C)C(=O)Nc3ccc(F)cc3)C3CC2C3)ccc1C#N. The van der Waals surface area contributed by atoms with Crippen molar-refractivity contribution in [3.63, 3.8) is 0 Å². The molecule has 2 aromatic rings. The maximum absolute atomic E-state index is 13.1. The lowest BCUT2D eigenvalue weighted by molar-refractivity contribution is -0.124. The first-order valence-electron chi connectivity index (χ1n) is 10.7. The van der Waals surface area contributed by atoms with E-state index in [1.165, 1.54) is 12.1 Å². The van der Waals surface area contributed by atoms with Crippen LogP contribution in [0.5, 0.6) is 0 Å². The molecular weight excluding hydrogens is 393 g/mol. The number of halogens is 1. The van der Waals surface area contributed by atoms with E-state index in [9.17, 15) is 14.0 Å². The summed E-state index contributed by atoms with van der Waals surface area (Å²) in [5.74, 6) is 0.405. The lowest BCUT2D eigenvalue weighted by atomic mass is 9.55. The van der Waals surface area contributed by atoms with Crippen molar-refractivity contribution in [3.05, 3.63) is 65.0 Å². The quantitative estimate of drug-likeness (QED) is 0.752.